The minimum absolute atomic E-state index is 0.463. The Bertz CT molecular complexity index is 645. The lowest BCUT2D eigenvalue weighted by Crippen LogP contribution is -2.27. The maximum Gasteiger partial charge on any atom is 0.412 e. The van der Waals surface area contributed by atoms with Crippen molar-refractivity contribution in [2.45, 2.75) is 45.3 Å². The minimum atomic E-state index is -0.516. The number of hydrogen-bond donors (Lipinski definition) is 2. The molecule has 1 atom stereocenters. The van der Waals surface area contributed by atoms with Crippen molar-refractivity contribution in [3.63, 3.8) is 0 Å². The number of hydrogen-bond acceptors (Lipinski definition) is 3. The molecule has 128 valence electrons. The van der Waals surface area contributed by atoms with Crippen molar-refractivity contribution in [1.82, 2.24) is 0 Å². The van der Waals surface area contributed by atoms with E-state index >= 15 is 0 Å². The van der Waals surface area contributed by atoms with Gasteiger partial charge >= 0.3 is 6.09 Å². The van der Waals surface area contributed by atoms with Crippen LogP contribution in [0.2, 0.25) is 0 Å². The Morgan fingerprint density at radius 1 is 1.08 bits per heavy atom. The first-order valence-corrected chi connectivity index (χ1v) is 8.15. The van der Waals surface area contributed by atoms with Crippen molar-refractivity contribution in [3.8, 4) is 0 Å². The smallest absolute Gasteiger partial charge is 0.412 e. The first kappa shape index (κ1) is 18.0. The molecule has 0 aliphatic rings. The molecule has 0 saturated heterocycles. The molecule has 0 aliphatic carbocycles. The number of ether oxygens (including phenoxy) is 1. The molecule has 2 N–H and O–H groups in total. The van der Waals surface area contributed by atoms with Gasteiger partial charge in [-0.2, -0.15) is 0 Å². The van der Waals surface area contributed by atoms with E-state index in [2.05, 4.69) is 5.32 Å². The molecule has 4 heteroatoms. The number of rotatable bonds is 5. The van der Waals surface area contributed by atoms with Gasteiger partial charge in [-0.05, 0) is 56.9 Å². The number of aliphatic hydroxyl groups is 1. The van der Waals surface area contributed by atoms with E-state index in [-0.39, 0.29) is 0 Å². The molecule has 0 bridgehead atoms. The zero-order chi connectivity index (χ0) is 17.6. The first-order valence-electron chi connectivity index (χ1n) is 8.15. The molecular formula is C20H25NO3. The fraction of sp³-hybridized carbons (Fsp3) is 0.350. The third-order valence-corrected chi connectivity index (χ3v) is 3.49. The molecule has 0 saturated carbocycles. The molecule has 2 aromatic rings. The Balaban J connectivity index is 1.85. The van der Waals surface area contributed by atoms with Gasteiger partial charge in [0.05, 0.1) is 6.10 Å². The Kier molecular flexibility index (Phi) is 5.99. The van der Waals surface area contributed by atoms with Crippen LogP contribution < -0.4 is 5.32 Å². The van der Waals surface area contributed by atoms with E-state index in [0.717, 1.165) is 17.5 Å². The van der Waals surface area contributed by atoms with E-state index in [1.807, 2.05) is 75.4 Å². The molecular weight excluding hydrogens is 302 g/mol. The number of amides is 1. The van der Waals surface area contributed by atoms with E-state index in [1.165, 1.54) is 0 Å². The molecule has 1 unspecified atom stereocenters. The lowest BCUT2D eigenvalue weighted by Gasteiger charge is -2.19. The number of carbonyl (C=O) groups is 1. The summed E-state index contributed by atoms with van der Waals surface area (Å²) in [6.07, 6.45) is 0.492. The SMILES string of the molecule is CC(C)(C)OC(=O)Nc1ccc(CCC(O)c2ccccc2)cc1. The van der Waals surface area contributed by atoms with E-state index in [9.17, 15) is 9.90 Å². The summed E-state index contributed by atoms with van der Waals surface area (Å²) >= 11 is 0. The number of anilines is 1. The van der Waals surface area contributed by atoms with Crippen molar-refractivity contribution < 1.29 is 14.6 Å². The highest BCUT2D eigenvalue weighted by Gasteiger charge is 2.16. The third kappa shape index (κ3) is 6.05. The van der Waals surface area contributed by atoms with Crippen LogP contribution in [0.3, 0.4) is 0 Å². The van der Waals surface area contributed by atoms with Gasteiger partial charge in [0.15, 0.2) is 0 Å². The van der Waals surface area contributed by atoms with Gasteiger partial charge in [0.25, 0.3) is 0 Å². The number of nitrogens with one attached hydrogen (secondary N) is 1. The summed E-state index contributed by atoms with van der Waals surface area (Å²) in [5, 5.41) is 12.9. The molecule has 0 heterocycles. The van der Waals surface area contributed by atoms with Gasteiger partial charge in [-0.25, -0.2) is 4.79 Å². The zero-order valence-electron chi connectivity index (χ0n) is 14.5. The van der Waals surface area contributed by atoms with Crippen molar-refractivity contribution in [3.05, 3.63) is 65.7 Å². The Morgan fingerprint density at radius 3 is 2.29 bits per heavy atom. The highest BCUT2D eigenvalue weighted by molar-refractivity contribution is 5.84. The van der Waals surface area contributed by atoms with Gasteiger partial charge in [-0.15, -0.1) is 0 Å². The summed E-state index contributed by atoms with van der Waals surface area (Å²) in [6.45, 7) is 5.48. The topological polar surface area (TPSA) is 58.6 Å². The van der Waals surface area contributed by atoms with Crippen LogP contribution in [0.5, 0.6) is 0 Å². The molecule has 4 nitrogen and oxygen atoms in total. The largest absolute Gasteiger partial charge is 0.444 e. The summed E-state index contributed by atoms with van der Waals surface area (Å²) < 4.78 is 5.22. The first-order chi connectivity index (χ1) is 11.3. The quantitative estimate of drug-likeness (QED) is 0.837. The number of carbonyl (C=O) groups excluding carboxylic acids is 1. The normalized spacial score (nSPS) is 12.5. The minimum Gasteiger partial charge on any atom is -0.444 e. The maximum absolute atomic E-state index is 11.7. The van der Waals surface area contributed by atoms with Crippen LogP contribution in [0.15, 0.2) is 54.6 Å². The molecule has 0 aromatic heterocycles. The fourth-order valence-electron chi connectivity index (χ4n) is 2.32. The summed E-state index contributed by atoms with van der Waals surface area (Å²) in [4.78, 5) is 11.7. The molecule has 2 rings (SSSR count). The number of benzene rings is 2. The van der Waals surface area contributed by atoms with Crippen LogP contribution in [-0.4, -0.2) is 16.8 Å². The standard InChI is InChI=1S/C20H25NO3/c1-20(2,3)24-19(23)21-17-12-9-15(10-13-17)11-14-18(22)16-7-5-4-6-8-16/h4-10,12-13,18,22H,11,14H2,1-3H3,(H,21,23). The van der Waals surface area contributed by atoms with E-state index in [1.54, 1.807) is 0 Å². The lowest BCUT2D eigenvalue weighted by molar-refractivity contribution is 0.0636. The van der Waals surface area contributed by atoms with Gasteiger partial charge in [0.2, 0.25) is 0 Å². The van der Waals surface area contributed by atoms with E-state index < -0.39 is 17.8 Å². The predicted molar refractivity (Wildman–Crippen MR) is 96.0 cm³/mol. The zero-order valence-corrected chi connectivity index (χ0v) is 14.5. The van der Waals surface area contributed by atoms with Crippen LogP contribution in [0, 0.1) is 0 Å². The predicted octanol–water partition coefficient (Wildman–Crippen LogP) is 4.70. The summed E-state index contributed by atoms with van der Waals surface area (Å²) in [5.74, 6) is 0. The lowest BCUT2D eigenvalue weighted by atomic mass is 10.0. The van der Waals surface area contributed by atoms with Gasteiger partial charge < -0.3 is 9.84 Å². The van der Waals surface area contributed by atoms with Crippen LogP contribution in [0.25, 0.3) is 0 Å². The summed E-state index contributed by atoms with van der Waals surface area (Å²) in [7, 11) is 0. The molecule has 0 fully saturated rings. The monoisotopic (exact) mass is 327 g/mol. The van der Waals surface area contributed by atoms with Crippen molar-refractivity contribution in [2.75, 3.05) is 5.32 Å². The van der Waals surface area contributed by atoms with Gasteiger partial charge in [0, 0.05) is 5.69 Å². The average molecular weight is 327 g/mol. The summed E-state index contributed by atoms with van der Waals surface area (Å²) in [5.41, 5.74) is 2.22. The van der Waals surface area contributed by atoms with E-state index in [0.29, 0.717) is 12.1 Å². The Morgan fingerprint density at radius 2 is 1.71 bits per heavy atom. The second-order valence-electron chi connectivity index (χ2n) is 6.79. The second kappa shape index (κ2) is 7.97. The molecule has 0 radical (unpaired) electrons. The highest BCUT2D eigenvalue weighted by Crippen LogP contribution is 2.20. The van der Waals surface area contributed by atoms with Crippen LogP contribution in [0.4, 0.5) is 10.5 Å². The second-order valence-corrected chi connectivity index (χ2v) is 6.79. The van der Waals surface area contributed by atoms with Gasteiger partial charge in [-0.3, -0.25) is 5.32 Å². The van der Waals surface area contributed by atoms with Gasteiger partial charge in [0.1, 0.15) is 5.60 Å². The molecule has 1 amide bonds. The Labute approximate surface area is 143 Å². The average Bonchev–Trinajstić information content (AvgIpc) is 2.53. The van der Waals surface area contributed by atoms with Crippen molar-refractivity contribution in [1.29, 1.82) is 0 Å². The van der Waals surface area contributed by atoms with Crippen LogP contribution >= 0.6 is 0 Å². The molecule has 0 spiro atoms. The van der Waals surface area contributed by atoms with Crippen molar-refractivity contribution >= 4 is 11.8 Å². The Hall–Kier alpha value is -2.33. The molecule has 2 aromatic carbocycles. The number of aryl methyl sites for hydroxylation is 1. The van der Waals surface area contributed by atoms with Crippen molar-refractivity contribution in [2.24, 2.45) is 0 Å². The van der Waals surface area contributed by atoms with Crippen LogP contribution in [0.1, 0.15) is 44.4 Å². The fourth-order valence-corrected chi connectivity index (χ4v) is 2.32. The highest BCUT2D eigenvalue weighted by atomic mass is 16.6. The molecule has 0 aliphatic heterocycles. The van der Waals surface area contributed by atoms with Crippen LogP contribution in [-0.2, 0) is 11.2 Å². The number of aliphatic hydroxyl groups excluding tert-OH is 1. The third-order valence-electron chi connectivity index (χ3n) is 3.49. The summed E-state index contributed by atoms with van der Waals surface area (Å²) in [6, 6.07) is 17.2. The maximum atomic E-state index is 11.7. The van der Waals surface area contributed by atoms with Gasteiger partial charge in [-0.1, -0.05) is 42.5 Å². The van der Waals surface area contributed by atoms with E-state index in [4.69, 9.17) is 4.74 Å². The molecule has 24 heavy (non-hydrogen) atoms.